The van der Waals surface area contributed by atoms with E-state index in [1.165, 1.54) is 12.1 Å². The zero-order valence-electron chi connectivity index (χ0n) is 16.8. The predicted molar refractivity (Wildman–Crippen MR) is 127 cm³/mol. The number of methoxy groups -OCH3 is 1. The van der Waals surface area contributed by atoms with Crippen molar-refractivity contribution in [2.24, 2.45) is 4.99 Å². The van der Waals surface area contributed by atoms with E-state index in [2.05, 4.69) is 15.6 Å². The summed E-state index contributed by atoms with van der Waals surface area (Å²) in [4.78, 5) is 15.0. The fraction of sp³-hybridized carbons (Fsp3) is 0.286. The Hall–Kier alpha value is -2.66. The Balaban J connectivity index is 0.00000320. The number of non-ortho nitro benzene ring substituents is 1. The van der Waals surface area contributed by atoms with Gasteiger partial charge in [0, 0.05) is 31.2 Å². The van der Waals surface area contributed by atoms with Gasteiger partial charge in [0.1, 0.15) is 11.3 Å². The van der Waals surface area contributed by atoms with E-state index in [1.807, 2.05) is 37.3 Å². The highest BCUT2D eigenvalue weighted by molar-refractivity contribution is 14.0. The number of nitro groups is 1. The second kappa shape index (κ2) is 11.5. The number of furan rings is 1. The molecule has 0 amide bonds. The maximum Gasteiger partial charge on any atom is 0.269 e. The van der Waals surface area contributed by atoms with E-state index in [-0.39, 0.29) is 35.7 Å². The fourth-order valence-electron chi connectivity index (χ4n) is 2.81. The summed E-state index contributed by atoms with van der Waals surface area (Å²) in [6.07, 6.45) is 0. The summed E-state index contributed by atoms with van der Waals surface area (Å²) in [6.45, 7) is 3.51. The monoisotopic (exact) mass is 524 g/mol. The third-order valence-electron chi connectivity index (χ3n) is 4.39. The fourth-order valence-corrected chi connectivity index (χ4v) is 2.81. The summed E-state index contributed by atoms with van der Waals surface area (Å²) in [5.41, 5.74) is 1.78. The SMILES string of the molecule is COCCNC(=NCc1ccc([N+](=O)[O-])cc1)NC(C)c1cc2ccccc2o1.I. The number of hydrogen-bond acceptors (Lipinski definition) is 5. The largest absolute Gasteiger partial charge is 0.459 e. The minimum atomic E-state index is -0.415. The number of halogens is 1. The van der Waals surface area contributed by atoms with E-state index >= 15 is 0 Å². The van der Waals surface area contributed by atoms with Crippen LogP contribution < -0.4 is 10.6 Å². The number of ether oxygens (including phenoxy) is 1. The zero-order valence-corrected chi connectivity index (χ0v) is 19.2. The standard InChI is InChI=1S/C21H24N4O4.HI/c1-15(20-13-17-5-3-4-6-19(17)29-20)24-21(22-11-12-28-2)23-14-16-7-9-18(10-8-16)25(26)27;/h3-10,13,15H,11-12,14H2,1-2H3,(H2,22,23,24);1H. The quantitative estimate of drug-likeness (QED) is 0.113. The number of para-hydroxylation sites is 1. The third kappa shape index (κ3) is 6.42. The van der Waals surface area contributed by atoms with Crippen LogP contribution in [0.3, 0.4) is 0 Å². The molecular weight excluding hydrogens is 499 g/mol. The van der Waals surface area contributed by atoms with Crippen molar-refractivity contribution in [3.63, 3.8) is 0 Å². The average Bonchev–Trinajstić information content (AvgIpc) is 3.17. The summed E-state index contributed by atoms with van der Waals surface area (Å²) >= 11 is 0. The molecule has 0 saturated carbocycles. The van der Waals surface area contributed by atoms with Crippen molar-refractivity contribution in [3.8, 4) is 0 Å². The summed E-state index contributed by atoms with van der Waals surface area (Å²) < 4.78 is 11.0. The lowest BCUT2D eigenvalue weighted by Gasteiger charge is -2.16. The molecule has 0 spiro atoms. The molecule has 1 heterocycles. The van der Waals surface area contributed by atoms with Crippen LogP contribution in [-0.2, 0) is 11.3 Å². The Morgan fingerprint density at radius 2 is 1.97 bits per heavy atom. The molecule has 3 rings (SSSR count). The lowest BCUT2D eigenvalue weighted by molar-refractivity contribution is -0.384. The van der Waals surface area contributed by atoms with Gasteiger partial charge in [-0.3, -0.25) is 10.1 Å². The summed E-state index contributed by atoms with van der Waals surface area (Å²) in [6, 6.07) is 16.1. The van der Waals surface area contributed by atoms with Gasteiger partial charge < -0.3 is 19.8 Å². The topological polar surface area (TPSA) is 102 Å². The van der Waals surface area contributed by atoms with Gasteiger partial charge in [0.05, 0.1) is 24.1 Å². The van der Waals surface area contributed by atoms with Gasteiger partial charge in [-0.25, -0.2) is 4.99 Å². The molecular formula is C21H25IN4O4. The Labute approximate surface area is 191 Å². The lowest BCUT2D eigenvalue weighted by Crippen LogP contribution is -2.40. The molecule has 30 heavy (non-hydrogen) atoms. The second-order valence-corrected chi connectivity index (χ2v) is 6.56. The number of aliphatic imine (C=N–C) groups is 1. The molecule has 1 aromatic heterocycles. The number of nitrogens with one attached hydrogen (secondary N) is 2. The molecule has 0 fully saturated rings. The average molecular weight is 524 g/mol. The first-order valence-corrected chi connectivity index (χ1v) is 9.32. The van der Waals surface area contributed by atoms with E-state index in [0.29, 0.717) is 25.7 Å². The smallest absolute Gasteiger partial charge is 0.269 e. The number of hydrogen-bond donors (Lipinski definition) is 2. The molecule has 1 atom stereocenters. The molecule has 160 valence electrons. The van der Waals surface area contributed by atoms with Gasteiger partial charge in [0.25, 0.3) is 5.69 Å². The molecule has 2 aromatic carbocycles. The lowest BCUT2D eigenvalue weighted by atomic mass is 10.2. The van der Waals surface area contributed by atoms with Crippen LogP contribution in [0.25, 0.3) is 11.0 Å². The highest BCUT2D eigenvalue weighted by Gasteiger charge is 2.13. The van der Waals surface area contributed by atoms with E-state index in [1.54, 1.807) is 19.2 Å². The minimum Gasteiger partial charge on any atom is -0.459 e. The van der Waals surface area contributed by atoms with E-state index < -0.39 is 4.92 Å². The van der Waals surface area contributed by atoms with Crippen molar-refractivity contribution in [1.29, 1.82) is 0 Å². The van der Waals surface area contributed by atoms with Crippen LogP contribution in [0.5, 0.6) is 0 Å². The van der Waals surface area contributed by atoms with Crippen LogP contribution in [0, 0.1) is 10.1 Å². The molecule has 3 aromatic rings. The van der Waals surface area contributed by atoms with E-state index in [0.717, 1.165) is 22.3 Å². The molecule has 8 nitrogen and oxygen atoms in total. The van der Waals surface area contributed by atoms with Crippen LogP contribution in [-0.4, -0.2) is 31.1 Å². The molecule has 0 radical (unpaired) electrons. The van der Waals surface area contributed by atoms with Gasteiger partial charge in [0.2, 0.25) is 0 Å². The van der Waals surface area contributed by atoms with Gasteiger partial charge in [-0.15, -0.1) is 24.0 Å². The van der Waals surface area contributed by atoms with Crippen LogP contribution in [0.4, 0.5) is 5.69 Å². The Morgan fingerprint density at radius 3 is 2.63 bits per heavy atom. The second-order valence-electron chi connectivity index (χ2n) is 6.56. The number of benzene rings is 2. The van der Waals surface area contributed by atoms with Crippen LogP contribution >= 0.6 is 24.0 Å². The summed E-state index contributed by atoms with van der Waals surface area (Å²) in [7, 11) is 1.64. The number of nitrogens with zero attached hydrogens (tertiary/aromatic N) is 2. The van der Waals surface area contributed by atoms with Crippen molar-refractivity contribution in [1.82, 2.24) is 10.6 Å². The summed E-state index contributed by atoms with van der Waals surface area (Å²) in [5, 5.41) is 18.4. The highest BCUT2D eigenvalue weighted by Crippen LogP contribution is 2.23. The normalized spacial score (nSPS) is 12.3. The molecule has 0 aliphatic heterocycles. The first-order chi connectivity index (χ1) is 14.1. The third-order valence-corrected chi connectivity index (χ3v) is 4.39. The van der Waals surface area contributed by atoms with Crippen molar-refractivity contribution in [2.75, 3.05) is 20.3 Å². The van der Waals surface area contributed by atoms with Gasteiger partial charge in [-0.2, -0.15) is 0 Å². The van der Waals surface area contributed by atoms with Crippen LogP contribution in [0.1, 0.15) is 24.3 Å². The Kier molecular flexibility index (Phi) is 9.06. The van der Waals surface area contributed by atoms with Crippen molar-refractivity contribution >= 4 is 46.6 Å². The maximum atomic E-state index is 10.8. The Bertz CT molecular complexity index is 955. The first-order valence-electron chi connectivity index (χ1n) is 9.32. The Morgan fingerprint density at radius 1 is 1.23 bits per heavy atom. The predicted octanol–water partition coefficient (Wildman–Crippen LogP) is 4.40. The van der Waals surface area contributed by atoms with Gasteiger partial charge in [0.15, 0.2) is 5.96 Å². The molecule has 2 N–H and O–H groups in total. The minimum absolute atomic E-state index is 0. The molecule has 0 saturated heterocycles. The first kappa shape index (κ1) is 23.6. The van der Waals surface area contributed by atoms with Gasteiger partial charge in [-0.1, -0.05) is 30.3 Å². The van der Waals surface area contributed by atoms with Crippen LogP contribution in [0.2, 0.25) is 0 Å². The number of nitro benzene ring substituents is 1. The number of guanidine groups is 1. The van der Waals surface area contributed by atoms with E-state index in [4.69, 9.17) is 9.15 Å². The number of fused-ring (bicyclic) bond motifs is 1. The van der Waals surface area contributed by atoms with Crippen molar-refractivity contribution in [3.05, 3.63) is 76.0 Å². The zero-order chi connectivity index (χ0) is 20.6. The number of rotatable bonds is 8. The van der Waals surface area contributed by atoms with E-state index in [9.17, 15) is 10.1 Å². The van der Waals surface area contributed by atoms with Gasteiger partial charge >= 0.3 is 0 Å². The van der Waals surface area contributed by atoms with Crippen LogP contribution in [0.15, 0.2) is 64.0 Å². The molecule has 0 aliphatic carbocycles. The summed E-state index contributed by atoms with van der Waals surface area (Å²) in [5.74, 6) is 1.41. The molecule has 0 aliphatic rings. The molecule has 9 heteroatoms. The van der Waals surface area contributed by atoms with Crippen molar-refractivity contribution < 1.29 is 14.1 Å². The molecule has 1 unspecified atom stereocenters. The highest BCUT2D eigenvalue weighted by atomic mass is 127. The molecule has 0 bridgehead atoms. The van der Waals surface area contributed by atoms with Gasteiger partial charge in [-0.05, 0) is 24.6 Å². The maximum absolute atomic E-state index is 10.8. The van der Waals surface area contributed by atoms with Crippen molar-refractivity contribution in [2.45, 2.75) is 19.5 Å².